The SMILES string of the molecule is CCc1c2c(nc3ccccc13)CCCNC2. The normalized spacial score (nSPS) is 15.6. The van der Waals surface area contributed by atoms with Gasteiger partial charge in [0.2, 0.25) is 0 Å². The number of nitrogens with zero attached hydrogens (tertiary/aromatic N) is 1. The highest BCUT2D eigenvalue weighted by Gasteiger charge is 2.15. The molecule has 2 aromatic rings. The Kier molecular flexibility index (Phi) is 2.81. The highest BCUT2D eigenvalue weighted by molar-refractivity contribution is 5.83. The number of aryl methyl sites for hydroxylation is 2. The fraction of sp³-hybridized carbons (Fsp3) is 0.400. The van der Waals surface area contributed by atoms with Crippen LogP contribution in [-0.4, -0.2) is 11.5 Å². The van der Waals surface area contributed by atoms with Crippen LogP contribution in [0.1, 0.15) is 30.2 Å². The topological polar surface area (TPSA) is 24.9 Å². The molecule has 0 amide bonds. The van der Waals surface area contributed by atoms with Crippen molar-refractivity contribution in [1.82, 2.24) is 10.3 Å². The average molecular weight is 226 g/mol. The van der Waals surface area contributed by atoms with E-state index in [1.165, 1.54) is 28.6 Å². The lowest BCUT2D eigenvalue weighted by Gasteiger charge is -2.14. The number of rotatable bonds is 1. The van der Waals surface area contributed by atoms with E-state index in [0.29, 0.717) is 0 Å². The number of para-hydroxylation sites is 1. The third-order valence-corrected chi connectivity index (χ3v) is 3.62. The van der Waals surface area contributed by atoms with Crippen LogP contribution in [0, 0.1) is 0 Å². The van der Waals surface area contributed by atoms with Crippen molar-refractivity contribution in [2.24, 2.45) is 0 Å². The van der Waals surface area contributed by atoms with Crippen LogP contribution in [0.25, 0.3) is 10.9 Å². The largest absolute Gasteiger partial charge is 0.313 e. The summed E-state index contributed by atoms with van der Waals surface area (Å²) >= 11 is 0. The van der Waals surface area contributed by atoms with Crippen LogP contribution in [-0.2, 0) is 19.4 Å². The molecule has 88 valence electrons. The van der Waals surface area contributed by atoms with Crippen LogP contribution in [0.3, 0.4) is 0 Å². The Morgan fingerprint density at radius 3 is 3.06 bits per heavy atom. The zero-order valence-electron chi connectivity index (χ0n) is 10.3. The molecule has 1 aliphatic heterocycles. The van der Waals surface area contributed by atoms with Gasteiger partial charge in [0.1, 0.15) is 0 Å². The number of hydrogen-bond acceptors (Lipinski definition) is 2. The Hall–Kier alpha value is -1.41. The highest BCUT2D eigenvalue weighted by Crippen LogP contribution is 2.25. The minimum atomic E-state index is 0.982. The molecule has 1 N–H and O–H groups in total. The molecule has 2 nitrogen and oxygen atoms in total. The van der Waals surface area contributed by atoms with Gasteiger partial charge >= 0.3 is 0 Å². The van der Waals surface area contributed by atoms with Crippen molar-refractivity contribution in [3.63, 3.8) is 0 Å². The zero-order valence-corrected chi connectivity index (χ0v) is 10.3. The van der Waals surface area contributed by atoms with E-state index in [9.17, 15) is 0 Å². The first-order valence-electron chi connectivity index (χ1n) is 6.50. The molecule has 0 atom stereocenters. The third kappa shape index (κ3) is 1.83. The molecule has 3 rings (SSSR count). The summed E-state index contributed by atoms with van der Waals surface area (Å²) in [6, 6.07) is 8.52. The first kappa shape index (κ1) is 10.7. The van der Waals surface area contributed by atoms with Gasteiger partial charge in [0.15, 0.2) is 0 Å². The van der Waals surface area contributed by atoms with E-state index < -0.39 is 0 Å². The molecule has 0 aliphatic carbocycles. The van der Waals surface area contributed by atoms with Gasteiger partial charge in [-0.05, 0) is 43.0 Å². The summed E-state index contributed by atoms with van der Waals surface area (Å²) < 4.78 is 0. The lowest BCUT2D eigenvalue weighted by atomic mass is 9.97. The summed E-state index contributed by atoms with van der Waals surface area (Å²) in [6.45, 7) is 4.33. The molecule has 0 saturated carbocycles. The maximum absolute atomic E-state index is 4.84. The quantitative estimate of drug-likeness (QED) is 0.808. The maximum Gasteiger partial charge on any atom is 0.0708 e. The average Bonchev–Trinajstić information content (AvgIpc) is 2.60. The van der Waals surface area contributed by atoms with Crippen molar-refractivity contribution in [3.8, 4) is 0 Å². The first-order valence-corrected chi connectivity index (χ1v) is 6.50. The van der Waals surface area contributed by atoms with Crippen molar-refractivity contribution < 1.29 is 0 Å². The predicted molar refractivity (Wildman–Crippen MR) is 71.1 cm³/mol. The Bertz CT molecular complexity index is 546. The minimum absolute atomic E-state index is 0.982. The molecule has 2 heterocycles. The fourth-order valence-corrected chi connectivity index (χ4v) is 2.79. The third-order valence-electron chi connectivity index (χ3n) is 3.62. The molecule has 0 spiro atoms. The van der Waals surface area contributed by atoms with Gasteiger partial charge in [0.25, 0.3) is 0 Å². The molecular weight excluding hydrogens is 208 g/mol. The fourth-order valence-electron chi connectivity index (χ4n) is 2.79. The molecular formula is C15H18N2. The zero-order chi connectivity index (χ0) is 11.7. The Morgan fingerprint density at radius 1 is 1.29 bits per heavy atom. The van der Waals surface area contributed by atoms with Gasteiger partial charge in [-0.3, -0.25) is 4.98 Å². The van der Waals surface area contributed by atoms with Crippen molar-refractivity contribution in [2.45, 2.75) is 32.7 Å². The van der Waals surface area contributed by atoms with Crippen molar-refractivity contribution in [1.29, 1.82) is 0 Å². The Balaban J connectivity index is 2.30. The van der Waals surface area contributed by atoms with Gasteiger partial charge in [-0.1, -0.05) is 25.1 Å². The van der Waals surface area contributed by atoms with Gasteiger partial charge < -0.3 is 5.32 Å². The maximum atomic E-state index is 4.84. The molecule has 1 aromatic carbocycles. The lowest BCUT2D eigenvalue weighted by molar-refractivity contribution is 0.678. The minimum Gasteiger partial charge on any atom is -0.313 e. The molecule has 17 heavy (non-hydrogen) atoms. The molecule has 0 fully saturated rings. The van der Waals surface area contributed by atoms with Crippen molar-refractivity contribution in [3.05, 3.63) is 41.1 Å². The second-order valence-electron chi connectivity index (χ2n) is 4.67. The van der Waals surface area contributed by atoms with E-state index in [1.807, 2.05) is 0 Å². The van der Waals surface area contributed by atoms with E-state index in [0.717, 1.165) is 31.4 Å². The molecule has 1 aromatic heterocycles. The standard InChI is InChI=1S/C15H18N2/c1-2-11-12-6-3-4-7-14(12)17-15-8-5-9-16-10-13(11)15/h3-4,6-7,16H,2,5,8-10H2,1H3. The molecule has 0 bridgehead atoms. The van der Waals surface area contributed by atoms with Gasteiger partial charge in [-0.2, -0.15) is 0 Å². The number of hydrogen-bond donors (Lipinski definition) is 1. The number of benzene rings is 1. The summed E-state index contributed by atoms with van der Waals surface area (Å²) in [7, 11) is 0. The highest BCUT2D eigenvalue weighted by atomic mass is 14.9. The van der Waals surface area contributed by atoms with Crippen LogP contribution in [0.2, 0.25) is 0 Å². The Labute approximate surface area is 102 Å². The Morgan fingerprint density at radius 2 is 2.18 bits per heavy atom. The van der Waals surface area contributed by atoms with Crippen LogP contribution >= 0.6 is 0 Å². The smallest absolute Gasteiger partial charge is 0.0708 e. The van der Waals surface area contributed by atoms with Crippen LogP contribution in [0.4, 0.5) is 0 Å². The molecule has 0 unspecified atom stereocenters. The van der Waals surface area contributed by atoms with E-state index in [-0.39, 0.29) is 0 Å². The molecule has 0 radical (unpaired) electrons. The summed E-state index contributed by atoms with van der Waals surface area (Å²) in [5, 5.41) is 4.83. The van der Waals surface area contributed by atoms with Crippen molar-refractivity contribution in [2.75, 3.05) is 6.54 Å². The molecule has 2 heteroatoms. The van der Waals surface area contributed by atoms with E-state index in [2.05, 4.69) is 36.5 Å². The van der Waals surface area contributed by atoms with E-state index in [1.54, 1.807) is 0 Å². The van der Waals surface area contributed by atoms with Gasteiger partial charge in [-0.15, -0.1) is 0 Å². The first-order chi connectivity index (χ1) is 8.40. The van der Waals surface area contributed by atoms with E-state index in [4.69, 9.17) is 4.98 Å². The number of nitrogens with one attached hydrogen (secondary N) is 1. The summed E-state index contributed by atoms with van der Waals surface area (Å²) in [6.07, 6.45) is 3.40. The molecule has 1 aliphatic rings. The summed E-state index contributed by atoms with van der Waals surface area (Å²) in [5.41, 5.74) is 5.40. The number of aromatic nitrogens is 1. The van der Waals surface area contributed by atoms with Gasteiger partial charge in [0, 0.05) is 17.6 Å². The van der Waals surface area contributed by atoms with Crippen LogP contribution in [0.5, 0.6) is 0 Å². The lowest BCUT2D eigenvalue weighted by Crippen LogP contribution is -2.13. The monoisotopic (exact) mass is 226 g/mol. The molecule has 0 saturated heterocycles. The van der Waals surface area contributed by atoms with Crippen LogP contribution < -0.4 is 5.32 Å². The van der Waals surface area contributed by atoms with Crippen molar-refractivity contribution >= 4 is 10.9 Å². The van der Waals surface area contributed by atoms with Crippen LogP contribution in [0.15, 0.2) is 24.3 Å². The number of fused-ring (bicyclic) bond motifs is 2. The summed E-state index contributed by atoms with van der Waals surface area (Å²) in [5.74, 6) is 0. The van der Waals surface area contributed by atoms with Gasteiger partial charge in [-0.25, -0.2) is 0 Å². The second-order valence-corrected chi connectivity index (χ2v) is 4.67. The number of pyridine rings is 1. The summed E-state index contributed by atoms with van der Waals surface area (Å²) in [4.78, 5) is 4.84. The van der Waals surface area contributed by atoms with E-state index >= 15 is 0 Å². The second kappa shape index (κ2) is 4.46. The van der Waals surface area contributed by atoms with Gasteiger partial charge in [0.05, 0.1) is 5.52 Å². The predicted octanol–water partition coefficient (Wildman–Crippen LogP) is 2.83.